The Hall–Kier alpha value is -2.70. The molecule has 0 radical (unpaired) electrons. The number of nitrogens with one attached hydrogen (secondary N) is 2. The Morgan fingerprint density at radius 2 is 1.95 bits per heavy atom. The van der Waals surface area contributed by atoms with Gasteiger partial charge in [-0.3, -0.25) is 14.7 Å². The predicted octanol–water partition coefficient (Wildman–Crippen LogP) is 1.60. The molecule has 0 aliphatic carbocycles. The van der Waals surface area contributed by atoms with Gasteiger partial charge in [0.05, 0.1) is 5.69 Å². The highest BCUT2D eigenvalue weighted by molar-refractivity contribution is 5.93. The van der Waals surface area contributed by atoms with E-state index >= 15 is 0 Å². The van der Waals surface area contributed by atoms with Crippen LogP contribution in [-0.2, 0) is 4.79 Å². The van der Waals surface area contributed by atoms with Crippen LogP contribution in [-0.4, -0.2) is 28.6 Å². The Morgan fingerprint density at radius 1 is 1.23 bits per heavy atom. The van der Waals surface area contributed by atoms with Crippen molar-refractivity contribution in [2.75, 3.05) is 6.54 Å². The molecule has 2 amide bonds. The van der Waals surface area contributed by atoms with E-state index in [0.29, 0.717) is 37.2 Å². The summed E-state index contributed by atoms with van der Waals surface area (Å²) in [4.78, 5) is 22.5. The monoisotopic (exact) mass is 304 g/mol. The number of rotatable bonds is 7. The molecular formula is C15H17FN4O2. The van der Waals surface area contributed by atoms with Gasteiger partial charge in [-0.15, -0.1) is 0 Å². The highest BCUT2D eigenvalue weighted by Crippen LogP contribution is 2.17. The summed E-state index contributed by atoms with van der Waals surface area (Å²) in [5, 5.41) is 9.41. The van der Waals surface area contributed by atoms with Gasteiger partial charge in [0.25, 0.3) is 5.91 Å². The van der Waals surface area contributed by atoms with Crippen molar-refractivity contribution in [3.8, 4) is 11.3 Å². The van der Waals surface area contributed by atoms with Crippen LogP contribution in [0.3, 0.4) is 0 Å². The zero-order valence-corrected chi connectivity index (χ0v) is 11.9. The SMILES string of the molecule is NC(=O)CCCCNC(=O)c1cc(-c2ccc(F)cc2)n[nH]1. The maximum atomic E-state index is 12.9. The van der Waals surface area contributed by atoms with Gasteiger partial charge in [-0.1, -0.05) is 0 Å². The molecule has 1 aromatic carbocycles. The van der Waals surface area contributed by atoms with E-state index in [1.54, 1.807) is 18.2 Å². The maximum Gasteiger partial charge on any atom is 0.269 e. The molecule has 0 fully saturated rings. The number of halogens is 1. The van der Waals surface area contributed by atoms with Crippen molar-refractivity contribution < 1.29 is 14.0 Å². The predicted molar refractivity (Wildman–Crippen MR) is 79.4 cm³/mol. The molecule has 0 saturated heterocycles. The number of primary amides is 1. The van der Waals surface area contributed by atoms with Crippen LogP contribution >= 0.6 is 0 Å². The van der Waals surface area contributed by atoms with Crippen LogP contribution in [0.5, 0.6) is 0 Å². The van der Waals surface area contributed by atoms with E-state index in [-0.39, 0.29) is 17.6 Å². The fourth-order valence-electron chi connectivity index (χ4n) is 1.93. The second kappa shape index (κ2) is 7.35. The minimum atomic E-state index is -0.344. The number of aromatic amines is 1. The third kappa shape index (κ3) is 4.41. The van der Waals surface area contributed by atoms with E-state index in [1.165, 1.54) is 12.1 Å². The average molecular weight is 304 g/mol. The van der Waals surface area contributed by atoms with Gasteiger partial charge in [0.15, 0.2) is 0 Å². The summed E-state index contributed by atoms with van der Waals surface area (Å²) in [5.41, 5.74) is 6.65. The number of nitrogens with two attached hydrogens (primary N) is 1. The lowest BCUT2D eigenvalue weighted by molar-refractivity contribution is -0.118. The van der Waals surface area contributed by atoms with E-state index in [9.17, 15) is 14.0 Å². The lowest BCUT2D eigenvalue weighted by atomic mass is 10.1. The molecule has 0 aliphatic rings. The summed E-state index contributed by atoms with van der Waals surface area (Å²) in [6.07, 6.45) is 1.63. The average Bonchev–Trinajstić information content (AvgIpc) is 2.97. The molecule has 2 aromatic rings. The summed E-state index contributed by atoms with van der Waals surface area (Å²) in [6, 6.07) is 7.46. The molecule has 0 spiro atoms. The molecule has 0 atom stereocenters. The highest BCUT2D eigenvalue weighted by Gasteiger charge is 2.10. The number of amides is 2. The summed E-state index contributed by atoms with van der Waals surface area (Å²) in [7, 11) is 0. The molecule has 116 valence electrons. The third-order valence-corrected chi connectivity index (χ3v) is 3.10. The van der Waals surface area contributed by atoms with Crippen LogP contribution in [0, 0.1) is 5.82 Å². The van der Waals surface area contributed by atoms with Crippen molar-refractivity contribution in [3.63, 3.8) is 0 Å². The molecule has 1 aromatic heterocycles. The molecule has 6 nitrogen and oxygen atoms in total. The third-order valence-electron chi connectivity index (χ3n) is 3.10. The number of unbranched alkanes of at least 4 members (excludes halogenated alkanes) is 1. The fourth-order valence-corrected chi connectivity index (χ4v) is 1.93. The van der Waals surface area contributed by atoms with Gasteiger partial charge in [0.2, 0.25) is 5.91 Å². The van der Waals surface area contributed by atoms with Crippen molar-refractivity contribution in [1.82, 2.24) is 15.5 Å². The molecular weight excluding hydrogens is 287 g/mol. The standard InChI is InChI=1S/C15H17FN4O2/c16-11-6-4-10(5-7-11)12-9-13(20-19-12)15(22)18-8-2-1-3-14(17)21/h4-7,9H,1-3,8H2,(H2,17,21)(H,18,22)(H,19,20). The van der Waals surface area contributed by atoms with Crippen LogP contribution < -0.4 is 11.1 Å². The first-order chi connectivity index (χ1) is 10.6. The van der Waals surface area contributed by atoms with E-state index in [0.717, 1.165) is 5.56 Å². The minimum Gasteiger partial charge on any atom is -0.370 e. The first-order valence-electron chi connectivity index (χ1n) is 6.94. The zero-order chi connectivity index (χ0) is 15.9. The Kier molecular flexibility index (Phi) is 5.24. The van der Waals surface area contributed by atoms with Crippen LogP contribution in [0.2, 0.25) is 0 Å². The Morgan fingerprint density at radius 3 is 2.64 bits per heavy atom. The van der Waals surface area contributed by atoms with Crippen LogP contribution in [0.15, 0.2) is 30.3 Å². The van der Waals surface area contributed by atoms with E-state index in [2.05, 4.69) is 15.5 Å². The molecule has 0 saturated carbocycles. The van der Waals surface area contributed by atoms with Crippen molar-refractivity contribution in [1.29, 1.82) is 0 Å². The van der Waals surface area contributed by atoms with E-state index in [4.69, 9.17) is 5.73 Å². The summed E-state index contributed by atoms with van der Waals surface area (Å²) in [6.45, 7) is 0.455. The van der Waals surface area contributed by atoms with Crippen LogP contribution in [0.4, 0.5) is 4.39 Å². The minimum absolute atomic E-state index is 0.278. The van der Waals surface area contributed by atoms with E-state index in [1.807, 2.05) is 0 Å². The molecule has 0 unspecified atom stereocenters. The van der Waals surface area contributed by atoms with Gasteiger partial charge in [-0.2, -0.15) is 5.10 Å². The molecule has 4 N–H and O–H groups in total. The number of H-pyrrole nitrogens is 1. The lowest BCUT2D eigenvalue weighted by Gasteiger charge is -2.02. The number of hydrogen-bond donors (Lipinski definition) is 3. The Labute approximate surface area is 126 Å². The smallest absolute Gasteiger partial charge is 0.269 e. The Balaban J connectivity index is 1.86. The second-order valence-electron chi connectivity index (χ2n) is 4.85. The highest BCUT2D eigenvalue weighted by atomic mass is 19.1. The number of benzene rings is 1. The van der Waals surface area contributed by atoms with Gasteiger partial charge in [-0.05, 0) is 43.2 Å². The van der Waals surface area contributed by atoms with Gasteiger partial charge in [-0.25, -0.2) is 4.39 Å². The van der Waals surface area contributed by atoms with Crippen molar-refractivity contribution >= 4 is 11.8 Å². The largest absolute Gasteiger partial charge is 0.370 e. The first-order valence-corrected chi connectivity index (χ1v) is 6.94. The van der Waals surface area contributed by atoms with Gasteiger partial charge in [0, 0.05) is 18.5 Å². The van der Waals surface area contributed by atoms with E-state index < -0.39 is 0 Å². The molecule has 2 rings (SSSR count). The first kappa shape index (κ1) is 15.7. The van der Waals surface area contributed by atoms with Crippen molar-refractivity contribution in [2.45, 2.75) is 19.3 Å². The normalized spacial score (nSPS) is 10.4. The van der Waals surface area contributed by atoms with Gasteiger partial charge in [0.1, 0.15) is 11.5 Å². The van der Waals surface area contributed by atoms with Crippen LogP contribution in [0.25, 0.3) is 11.3 Å². The lowest BCUT2D eigenvalue weighted by Crippen LogP contribution is -2.25. The van der Waals surface area contributed by atoms with Crippen molar-refractivity contribution in [2.24, 2.45) is 5.73 Å². The number of carbonyl (C=O) groups excluding carboxylic acids is 2. The molecule has 0 aliphatic heterocycles. The summed E-state index contributed by atoms with van der Waals surface area (Å²) in [5.74, 6) is -0.947. The van der Waals surface area contributed by atoms with Crippen LogP contribution in [0.1, 0.15) is 29.8 Å². The van der Waals surface area contributed by atoms with Gasteiger partial charge >= 0.3 is 0 Å². The topological polar surface area (TPSA) is 101 Å². The van der Waals surface area contributed by atoms with Gasteiger partial charge < -0.3 is 11.1 Å². The number of hydrogen-bond acceptors (Lipinski definition) is 3. The Bertz CT molecular complexity index is 652. The molecule has 1 heterocycles. The second-order valence-corrected chi connectivity index (χ2v) is 4.85. The molecule has 0 bridgehead atoms. The maximum absolute atomic E-state index is 12.9. The summed E-state index contributed by atoms with van der Waals surface area (Å²) >= 11 is 0. The number of aromatic nitrogens is 2. The quantitative estimate of drug-likeness (QED) is 0.677. The summed E-state index contributed by atoms with van der Waals surface area (Å²) < 4.78 is 12.9. The fraction of sp³-hybridized carbons (Fsp3) is 0.267. The molecule has 22 heavy (non-hydrogen) atoms. The van der Waals surface area contributed by atoms with Crippen molar-refractivity contribution in [3.05, 3.63) is 41.8 Å². The zero-order valence-electron chi connectivity index (χ0n) is 11.9. The molecule has 7 heteroatoms. The number of carbonyl (C=O) groups is 2. The number of nitrogens with zero attached hydrogens (tertiary/aromatic N) is 1.